The van der Waals surface area contributed by atoms with Crippen molar-refractivity contribution in [1.82, 2.24) is 4.90 Å². The summed E-state index contributed by atoms with van der Waals surface area (Å²) in [6, 6.07) is 7.92. The van der Waals surface area contributed by atoms with Crippen molar-refractivity contribution in [3.63, 3.8) is 0 Å². The fraction of sp³-hybridized carbons (Fsp3) is 0.267. The first-order chi connectivity index (χ1) is 10.9. The maximum absolute atomic E-state index is 12.4. The third-order valence-electron chi connectivity index (χ3n) is 2.99. The lowest BCUT2D eigenvalue weighted by Crippen LogP contribution is -2.25. The van der Waals surface area contributed by atoms with Crippen molar-refractivity contribution in [2.24, 2.45) is 0 Å². The number of amides is 1. The number of rotatable bonds is 6. The Morgan fingerprint density at radius 3 is 2.61 bits per heavy atom. The molecular formula is C15H14ClF2NO3S. The van der Waals surface area contributed by atoms with E-state index >= 15 is 0 Å². The lowest BCUT2D eigenvalue weighted by molar-refractivity contribution is -0.0512. The summed E-state index contributed by atoms with van der Waals surface area (Å²) in [7, 11) is 2.98. The number of ether oxygens (including phenoxy) is 2. The Kier molecular flexibility index (Phi) is 5.79. The zero-order valence-corrected chi connectivity index (χ0v) is 14.0. The molecule has 0 fully saturated rings. The van der Waals surface area contributed by atoms with E-state index in [0.717, 1.165) is 0 Å². The summed E-state index contributed by atoms with van der Waals surface area (Å²) >= 11 is 7.00. The minimum absolute atomic E-state index is 0.0694. The number of carbonyl (C=O) groups excluding carboxylic acids is 1. The van der Waals surface area contributed by atoms with Crippen molar-refractivity contribution in [1.29, 1.82) is 0 Å². The molecule has 0 aliphatic carbocycles. The van der Waals surface area contributed by atoms with E-state index in [1.807, 2.05) is 0 Å². The van der Waals surface area contributed by atoms with Gasteiger partial charge < -0.3 is 14.4 Å². The van der Waals surface area contributed by atoms with Crippen LogP contribution in [0, 0.1) is 0 Å². The summed E-state index contributed by atoms with van der Waals surface area (Å²) in [6.07, 6.45) is 0. The lowest BCUT2D eigenvalue weighted by atomic mass is 10.2. The van der Waals surface area contributed by atoms with Gasteiger partial charge in [0.15, 0.2) is 11.5 Å². The van der Waals surface area contributed by atoms with Crippen LogP contribution in [0.3, 0.4) is 0 Å². The Bertz CT molecular complexity index is 693. The minimum atomic E-state index is -2.95. The Morgan fingerprint density at radius 1 is 1.30 bits per heavy atom. The fourth-order valence-corrected chi connectivity index (χ4v) is 3.01. The van der Waals surface area contributed by atoms with Gasteiger partial charge >= 0.3 is 6.61 Å². The van der Waals surface area contributed by atoms with Crippen molar-refractivity contribution in [3.05, 3.63) is 45.1 Å². The molecule has 2 aromatic rings. The van der Waals surface area contributed by atoms with Crippen LogP contribution in [0.25, 0.3) is 0 Å². The summed E-state index contributed by atoms with van der Waals surface area (Å²) in [6.45, 7) is -2.72. The molecule has 8 heteroatoms. The number of benzene rings is 1. The van der Waals surface area contributed by atoms with Crippen molar-refractivity contribution >= 4 is 28.8 Å². The van der Waals surface area contributed by atoms with Crippen molar-refractivity contribution in [2.75, 3.05) is 14.2 Å². The zero-order valence-electron chi connectivity index (χ0n) is 12.4. The highest BCUT2D eigenvalue weighted by molar-refractivity contribution is 7.17. The number of hydrogen-bond donors (Lipinski definition) is 0. The quantitative estimate of drug-likeness (QED) is 0.770. The van der Waals surface area contributed by atoms with Crippen LogP contribution < -0.4 is 9.47 Å². The van der Waals surface area contributed by atoms with Crippen LogP contribution >= 0.6 is 22.9 Å². The van der Waals surface area contributed by atoms with Crippen molar-refractivity contribution in [2.45, 2.75) is 13.2 Å². The van der Waals surface area contributed by atoms with E-state index in [9.17, 15) is 13.6 Å². The van der Waals surface area contributed by atoms with Gasteiger partial charge in [0, 0.05) is 13.6 Å². The third kappa shape index (κ3) is 4.56. The van der Waals surface area contributed by atoms with Crippen LogP contribution in [0.5, 0.6) is 11.5 Å². The molecule has 0 atom stereocenters. The largest absolute Gasteiger partial charge is 0.493 e. The summed E-state index contributed by atoms with van der Waals surface area (Å²) in [5.74, 6) is -0.0675. The van der Waals surface area contributed by atoms with Gasteiger partial charge in [0.2, 0.25) is 0 Å². The molecular weight excluding hydrogens is 348 g/mol. The van der Waals surface area contributed by atoms with Crippen LogP contribution in [-0.4, -0.2) is 31.6 Å². The molecule has 1 heterocycles. The van der Waals surface area contributed by atoms with Gasteiger partial charge in [0.1, 0.15) is 0 Å². The Balaban J connectivity index is 2.14. The van der Waals surface area contributed by atoms with Gasteiger partial charge in [-0.2, -0.15) is 8.78 Å². The maximum atomic E-state index is 12.4. The number of hydrogen-bond acceptors (Lipinski definition) is 4. The van der Waals surface area contributed by atoms with Gasteiger partial charge in [-0.3, -0.25) is 4.79 Å². The maximum Gasteiger partial charge on any atom is 0.387 e. The normalized spacial score (nSPS) is 10.7. The number of methoxy groups -OCH3 is 1. The van der Waals surface area contributed by atoms with E-state index in [2.05, 4.69) is 4.74 Å². The van der Waals surface area contributed by atoms with Gasteiger partial charge in [0.05, 0.1) is 16.3 Å². The Morgan fingerprint density at radius 2 is 2.04 bits per heavy atom. The molecule has 2 rings (SSSR count). The Labute approximate surface area is 141 Å². The van der Waals surface area contributed by atoms with Crippen LogP contribution in [0.2, 0.25) is 4.34 Å². The van der Waals surface area contributed by atoms with Crippen LogP contribution in [0.15, 0.2) is 30.3 Å². The van der Waals surface area contributed by atoms with E-state index in [-0.39, 0.29) is 24.0 Å². The second kappa shape index (κ2) is 7.61. The molecule has 0 spiro atoms. The molecule has 0 bridgehead atoms. The van der Waals surface area contributed by atoms with Gasteiger partial charge in [0.25, 0.3) is 5.91 Å². The SMILES string of the molecule is COc1ccc(CN(C)C(=O)c2ccc(Cl)s2)cc1OC(F)F. The first-order valence-corrected chi connectivity index (χ1v) is 7.72. The molecule has 0 unspecified atom stereocenters. The minimum Gasteiger partial charge on any atom is -0.493 e. The summed E-state index contributed by atoms with van der Waals surface area (Å²) < 4.78 is 34.8. The van der Waals surface area contributed by atoms with Gasteiger partial charge in [-0.05, 0) is 29.8 Å². The number of alkyl halides is 2. The second-order valence-electron chi connectivity index (χ2n) is 4.63. The first-order valence-electron chi connectivity index (χ1n) is 6.53. The Hall–Kier alpha value is -1.86. The average Bonchev–Trinajstić information content (AvgIpc) is 2.92. The van der Waals surface area contributed by atoms with Crippen molar-refractivity contribution < 1.29 is 23.0 Å². The summed E-state index contributed by atoms with van der Waals surface area (Å²) in [5, 5.41) is 0. The van der Waals surface area contributed by atoms with Gasteiger partial charge in [-0.1, -0.05) is 17.7 Å². The predicted molar refractivity (Wildman–Crippen MR) is 84.8 cm³/mol. The number of nitrogens with zero attached hydrogens (tertiary/aromatic N) is 1. The first kappa shape index (κ1) is 17.5. The van der Waals surface area contributed by atoms with Crippen LogP contribution in [0.4, 0.5) is 8.78 Å². The molecule has 1 amide bonds. The smallest absolute Gasteiger partial charge is 0.387 e. The van der Waals surface area contributed by atoms with E-state index in [4.69, 9.17) is 16.3 Å². The third-order valence-corrected chi connectivity index (χ3v) is 4.21. The molecule has 0 radical (unpaired) electrons. The molecule has 124 valence electrons. The number of halogens is 3. The highest BCUT2D eigenvalue weighted by Crippen LogP contribution is 2.30. The lowest BCUT2D eigenvalue weighted by Gasteiger charge is -2.18. The highest BCUT2D eigenvalue weighted by Gasteiger charge is 2.16. The molecule has 4 nitrogen and oxygen atoms in total. The molecule has 0 N–H and O–H groups in total. The second-order valence-corrected chi connectivity index (χ2v) is 6.34. The number of carbonyl (C=O) groups is 1. The number of thiophene rings is 1. The fourth-order valence-electron chi connectivity index (χ4n) is 1.97. The van der Waals surface area contributed by atoms with E-state index in [1.54, 1.807) is 25.2 Å². The van der Waals surface area contributed by atoms with Crippen LogP contribution in [0.1, 0.15) is 15.2 Å². The van der Waals surface area contributed by atoms with Gasteiger partial charge in [-0.15, -0.1) is 11.3 Å². The molecule has 23 heavy (non-hydrogen) atoms. The summed E-state index contributed by atoms with van der Waals surface area (Å²) in [4.78, 5) is 14.2. The monoisotopic (exact) mass is 361 g/mol. The van der Waals surface area contributed by atoms with Crippen molar-refractivity contribution in [3.8, 4) is 11.5 Å². The molecule has 0 saturated carbocycles. The molecule has 1 aromatic heterocycles. The molecule has 1 aromatic carbocycles. The average molecular weight is 362 g/mol. The van der Waals surface area contributed by atoms with E-state index in [1.165, 1.54) is 35.5 Å². The highest BCUT2D eigenvalue weighted by atomic mass is 35.5. The molecule has 0 aliphatic heterocycles. The standard InChI is InChI=1S/C15H14ClF2NO3S/c1-19(14(20)12-5-6-13(16)23-12)8-9-3-4-10(21-2)11(7-9)22-15(17)18/h3-7,15H,8H2,1-2H3. The molecule has 0 saturated heterocycles. The van der Waals surface area contributed by atoms with E-state index in [0.29, 0.717) is 14.8 Å². The topological polar surface area (TPSA) is 38.8 Å². The van der Waals surface area contributed by atoms with Crippen LogP contribution in [-0.2, 0) is 6.54 Å². The predicted octanol–water partition coefficient (Wildman–Crippen LogP) is 4.28. The summed E-state index contributed by atoms with van der Waals surface area (Å²) in [5.41, 5.74) is 0.639. The van der Waals surface area contributed by atoms with Gasteiger partial charge in [-0.25, -0.2) is 0 Å². The molecule has 0 aliphatic rings. The zero-order chi connectivity index (χ0) is 17.0. The van der Waals surface area contributed by atoms with E-state index < -0.39 is 6.61 Å².